The van der Waals surface area contributed by atoms with Gasteiger partial charge in [0, 0.05) is 32.5 Å². The lowest BCUT2D eigenvalue weighted by Crippen LogP contribution is -2.08. The molecule has 0 aliphatic carbocycles. The molecule has 2 heteroatoms. The number of nitrogens with zero attached hydrogens (tertiary/aromatic N) is 1. The van der Waals surface area contributed by atoms with E-state index < -0.39 is 0 Å². The van der Waals surface area contributed by atoms with Crippen molar-refractivity contribution in [1.29, 1.82) is 0 Å². The van der Waals surface area contributed by atoms with Gasteiger partial charge >= 0.3 is 0 Å². The first-order chi connectivity index (χ1) is 10.8. The summed E-state index contributed by atoms with van der Waals surface area (Å²) in [6, 6.07) is 17.3. The van der Waals surface area contributed by atoms with Crippen LogP contribution < -0.4 is 10.2 Å². The van der Waals surface area contributed by atoms with Crippen LogP contribution >= 0.6 is 0 Å². The molecule has 2 aromatic carbocycles. The van der Waals surface area contributed by atoms with Crippen molar-refractivity contribution in [3.63, 3.8) is 0 Å². The van der Waals surface area contributed by atoms with Crippen molar-refractivity contribution in [3.8, 4) is 0 Å². The second kappa shape index (κ2) is 9.24. The van der Waals surface area contributed by atoms with Crippen molar-refractivity contribution in [2.45, 2.75) is 39.5 Å². The molecule has 0 unspecified atom stereocenters. The van der Waals surface area contributed by atoms with Crippen LogP contribution in [0, 0.1) is 0 Å². The van der Waals surface area contributed by atoms with Gasteiger partial charge in [0.15, 0.2) is 0 Å². The van der Waals surface area contributed by atoms with Crippen LogP contribution in [-0.2, 0) is 0 Å². The highest BCUT2D eigenvalue weighted by atomic mass is 15.1. The molecule has 0 aliphatic heterocycles. The summed E-state index contributed by atoms with van der Waals surface area (Å²) in [5.74, 6) is 1.25. The van der Waals surface area contributed by atoms with Gasteiger partial charge in [-0.15, -0.1) is 0 Å². The summed E-state index contributed by atoms with van der Waals surface area (Å²) in [4.78, 5) is 2.12. The average Bonchev–Trinajstić information content (AvgIpc) is 2.55. The number of benzene rings is 2. The summed E-state index contributed by atoms with van der Waals surface area (Å²) in [6.45, 7) is 8.83. The van der Waals surface area contributed by atoms with Gasteiger partial charge in [-0.2, -0.15) is 0 Å². The van der Waals surface area contributed by atoms with Gasteiger partial charge < -0.3 is 10.2 Å². The summed E-state index contributed by atoms with van der Waals surface area (Å²) < 4.78 is 0. The SMILES string of the molecule is CC(C)c1ccc(N(C)C)cc1.CNc1ccc(C(C)C)cc1. The van der Waals surface area contributed by atoms with Gasteiger partial charge in [0.05, 0.1) is 0 Å². The highest BCUT2D eigenvalue weighted by molar-refractivity contribution is 5.46. The second-order valence-corrected chi connectivity index (χ2v) is 6.67. The minimum atomic E-state index is 0.626. The first-order valence-electron chi connectivity index (χ1n) is 8.40. The van der Waals surface area contributed by atoms with E-state index in [4.69, 9.17) is 0 Å². The average molecular weight is 313 g/mol. The van der Waals surface area contributed by atoms with Crippen molar-refractivity contribution in [3.05, 3.63) is 59.7 Å². The van der Waals surface area contributed by atoms with Crippen LogP contribution in [0.3, 0.4) is 0 Å². The Bertz CT molecular complexity index is 524. The second-order valence-electron chi connectivity index (χ2n) is 6.67. The minimum absolute atomic E-state index is 0.626. The van der Waals surface area contributed by atoms with Crippen LogP contribution in [0.1, 0.15) is 50.7 Å². The highest BCUT2D eigenvalue weighted by Gasteiger charge is 1.99. The monoisotopic (exact) mass is 312 g/mol. The quantitative estimate of drug-likeness (QED) is 0.776. The maximum absolute atomic E-state index is 3.09. The van der Waals surface area contributed by atoms with E-state index in [9.17, 15) is 0 Å². The van der Waals surface area contributed by atoms with Gasteiger partial charge in [-0.05, 0) is 47.2 Å². The first-order valence-corrected chi connectivity index (χ1v) is 8.40. The van der Waals surface area contributed by atoms with E-state index in [-0.39, 0.29) is 0 Å². The predicted octanol–water partition coefficient (Wildman–Crippen LogP) is 5.73. The van der Waals surface area contributed by atoms with E-state index >= 15 is 0 Å². The third-order valence-electron chi connectivity index (χ3n) is 3.94. The molecule has 0 aromatic heterocycles. The molecule has 0 aliphatic rings. The molecule has 0 fully saturated rings. The smallest absolute Gasteiger partial charge is 0.0361 e. The normalized spacial score (nSPS) is 10.3. The topological polar surface area (TPSA) is 15.3 Å². The lowest BCUT2D eigenvalue weighted by atomic mass is 10.0. The zero-order valence-corrected chi connectivity index (χ0v) is 15.7. The van der Waals surface area contributed by atoms with Crippen LogP contribution in [0.2, 0.25) is 0 Å². The number of rotatable bonds is 4. The van der Waals surface area contributed by atoms with Gasteiger partial charge in [0.2, 0.25) is 0 Å². The Morgan fingerprint density at radius 3 is 1.39 bits per heavy atom. The van der Waals surface area contributed by atoms with E-state index in [0.29, 0.717) is 11.8 Å². The molecule has 2 nitrogen and oxygen atoms in total. The number of hydrogen-bond donors (Lipinski definition) is 1. The molecule has 0 saturated heterocycles. The van der Waals surface area contributed by atoms with Gasteiger partial charge in [-0.1, -0.05) is 52.0 Å². The van der Waals surface area contributed by atoms with Crippen LogP contribution in [0.15, 0.2) is 48.5 Å². The van der Waals surface area contributed by atoms with Crippen molar-refractivity contribution in [2.75, 3.05) is 31.4 Å². The largest absolute Gasteiger partial charge is 0.388 e. The Morgan fingerprint density at radius 2 is 1.09 bits per heavy atom. The summed E-state index contributed by atoms with van der Waals surface area (Å²) in [5.41, 5.74) is 5.23. The lowest BCUT2D eigenvalue weighted by Gasteiger charge is -2.13. The Morgan fingerprint density at radius 1 is 0.696 bits per heavy atom. The molecule has 0 radical (unpaired) electrons. The van der Waals surface area contributed by atoms with E-state index in [1.54, 1.807) is 0 Å². The Kier molecular flexibility index (Phi) is 7.67. The Balaban J connectivity index is 0.000000231. The van der Waals surface area contributed by atoms with Gasteiger partial charge in [-0.3, -0.25) is 0 Å². The molecule has 126 valence electrons. The molecule has 0 spiro atoms. The van der Waals surface area contributed by atoms with Crippen molar-refractivity contribution >= 4 is 11.4 Å². The van der Waals surface area contributed by atoms with Crippen LogP contribution in [-0.4, -0.2) is 21.1 Å². The highest BCUT2D eigenvalue weighted by Crippen LogP contribution is 2.18. The molecule has 23 heavy (non-hydrogen) atoms. The maximum Gasteiger partial charge on any atom is 0.0361 e. The molecule has 2 aromatic rings. The molecule has 0 saturated carbocycles. The predicted molar refractivity (Wildman–Crippen MR) is 105 cm³/mol. The fourth-order valence-corrected chi connectivity index (χ4v) is 2.19. The van der Waals surface area contributed by atoms with E-state index in [1.807, 2.05) is 7.05 Å². The zero-order valence-electron chi connectivity index (χ0n) is 15.7. The lowest BCUT2D eigenvalue weighted by molar-refractivity contribution is 0.866. The molecule has 1 N–H and O–H groups in total. The molecule has 0 heterocycles. The Labute approximate surface area is 142 Å². The summed E-state index contributed by atoms with van der Waals surface area (Å²) >= 11 is 0. The van der Waals surface area contributed by atoms with E-state index in [1.165, 1.54) is 22.5 Å². The first kappa shape index (κ1) is 19.1. The van der Waals surface area contributed by atoms with E-state index in [2.05, 4.69) is 101 Å². The van der Waals surface area contributed by atoms with Crippen molar-refractivity contribution < 1.29 is 0 Å². The maximum atomic E-state index is 3.09. The molecule has 0 atom stereocenters. The molecular formula is C21H32N2. The number of anilines is 2. The summed E-state index contributed by atoms with van der Waals surface area (Å²) in [7, 11) is 6.05. The van der Waals surface area contributed by atoms with Crippen LogP contribution in [0.25, 0.3) is 0 Å². The third-order valence-corrected chi connectivity index (χ3v) is 3.94. The molecule has 0 bridgehead atoms. The molecular weight excluding hydrogens is 280 g/mol. The molecule has 2 rings (SSSR count). The van der Waals surface area contributed by atoms with Crippen LogP contribution in [0.5, 0.6) is 0 Å². The Hall–Kier alpha value is -1.96. The zero-order chi connectivity index (χ0) is 17.4. The van der Waals surface area contributed by atoms with Gasteiger partial charge in [0.25, 0.3) is 0 Å². The summed E-state index contributed by atoms with van der Waals surface area (Å²) in [6.07, 6.45) is 0. The third kappa shape index (κ3) is 6.35. The fourth-order valence-electron chi connectivity index (χ4n) is 2.19. The van der Waals surface area contributed by atoms with E-state index in [0.717, 1.165) is 0 Å². The minimum Gasteiger partial charge on any atom is -0.388 e. The standard InChI is InChI=1S/C11H17N.C10H15N/c1-9(2)10-5-7-11(8-6-10)12(3)4;1-8(2)9-4-6-10(11-3)7-5-9/h5-9H,1-4H3;4-8,11H,1-3H3. The van der Waals surface area contributed by atoms with Crippen molar-refractivity contribution in [1.82, 2.24) is 0 Å². The number of hydrogen-bond acceptors (Lipinski definition) is 2. The van der Waals surface area contributed by atoms with Crippen LogP contribution in [0.4, 0.5) is 11.4 Å². The van der Waals surface area contributed by atoms with Crippen molar-refractivity contribution in [2.24, 2.45) is 0 Å². The summed E-state index contributed by atoms with van der Waals surface area (Å²) in [5, 5.41) is 3.09. The fraction of sp³-hybridized carbons (Fsp3) is 0.429. The van der Waals surface area contributed by atoms with Gasteiger partial charge in [-0.25, -0.2) is 0 Å². The number of nitrogens with one attached hydrogen (secondary N) is 1. The molecule has 0 amide bonds. The van der Waals surface area contributed by atoms with Gasteiger partial charge in [0.1, 0.15) is 0 Å².